The molecule has 0 aromatic heterocycles. The summed E-state index contributed by atoms with van der Waals surface area (Å²) in [6.45, 7) is 12.3. The van der Waals surface area contributed by atoms with Gasteiger partial charge in [0.25, 0.3) is 0 Å². The van der Waals surface area contributed by atoms with E-state index in [1.165, 1.54) is 161 Å². The highest BCUT2D eigenvalue weighted by Gasteiger charge is 2.26. The molecule has 0 saturated heterocycles. The Kier molecular flexibility index (Phi) is 11.3. The van der Waals surface area contributed by atoms with Crippen molar-refractivity contribution in [3.05, 3.63) is 87.0 Å². The summed E-state index contributed by atoms with van der Waals surface area (Å²) in [5.74, 6) is 0. The number of benzene rings is 3. The molecule has 3 heteroatoms. The second-order valence-electron chi connectivity index (χ2n) is 15.5. The molecule has 0 unspecified atom stereocenters. The number of hydrogen-bond donors (Lipinski definition) is 0. The van der Waals surface area contributed by atoms with Gasteiger partial charge in [-0.1, -0.05) is 82.0 Å². The van der Waals surface area contributed by atoms with E-state index in [1.807, 2.05) is 0 Å². The van der Waals surface area contributed by atoms with E-state index in [9.17, 15) is 0 Å². The van der Waals surface area contributed by atoms with Crippen molar-refractivity contribution >= 4 is 17.1 Å². The van der Waals surface area contributed by atoms with Crippen molar-refractivity contribution in [1.82, 2.24) is 0 Å². The molecule has 48 heavy (non-hydrogen) atoms. The van der Waals surface area contributed by atoms with Crippen LogP contribution in [0.4, 0.5) is 17.1 Å². The first-order valence-corrected chi connectivity index (χ1v) is 20.4. The van der Waals surface area contributed by atoms with Gasteiger partial charge in [-0.25, -0.2) is 0 Å². The monoisotopic (exact) mass is 646 g/mol. The third kappa shape index (κ3) is 7.46. The van der Waals surface area contributed by atoms with E-state index in [-0.39, 0.29) is 0 Å². The molecule has 6 heterocycles. The predicted octanol–water partition coefficient (Wildman–Crippen LogP) is 10.2. The van der Waals surface area contributed by atoms with E-state index < -0.39 is 0 Å². The SMILES string of the molecule is CCCCCCCc1cc2c3c(c1)CCCN3CCC2.CCc1ccc2c3c1CCCN3CCC2.c1cc2c3c(c1)CCCN3CCC2. The maximum absolute atomic E-state index is 2.64. The molecule has 0 aliphatic carbocycles. The van der Waals surface area contributed by atoms with Crippen LogP contribution in [0.2, 0.25) is 0 Å². The van der Waals surface area contributed by atoms with Crippen molar-refractivity contribution in [3.63, 3.8) is 0 Å². The highest BCUT2D eigenvalue weighted by molar-refractivity contribution is 5.66. The van der Waals surface area contributed by atoms with E-state index in [0.29, 0.717) is 0 Å². The van der Waals surface area contributed by atoms with E-state index in [0.717, 1.165) is 0 Å². The highest BCUT2D eigenvalue weighted by Crippen LogP contribution is 2.38. The topological polar surface area (TPSA) is 9.72 Å². The predicted molar refractivity (Wildman–Crippen MR) is 208 cm³/mol. The van der Waals surface area contributed by atoms with Gasteiger partial charge in [0, 0.05) is 56.3 Å². The highest BCUT2D eigenvalue weighted by atomic mass is 15.2. The zero-order valence-electron chi connectivity index (χ0n) is 30.6. The standard InChI is InChI=1S/C19H29N.C14H19N.C12H15N/c1-2-3-4-5-6-9-16-14-17-10-7-12-20-13-8-11-18(15-16)19(17)20;1-2-11-7-8-12-5-3-9-15-10-4-6-13(11)14(12)15;1-4-10-6-2-8-13-9-3-7-11(5-1)12(10)13/h14-15H,2-13H2,1H3;7-8H,2-6,9-10H2,1H3;1,4-5H,2-3,6-9H2. The van der Waals surface area contributed by atoms with Crippen LogP contribution in [-0.2, 0) is 51.4 Å². The largest absolute Gasteiger partial charge is 0.371 e. The minimum absolute atomic E-state index is 1.19. The Bertz CT molecular complexity index is 1460. The van der Waals surface area contributed by atoms with Crippen LogP contribution in [0, 0.1) is 0 Å². The average molecular weight is 646 g/mol. The van der Waals surface area contributed by atoms with Gasteiger partial charge in [-0.15, -0.1) is 0 Å². The molecule has 3 nitrogen and oxygen atoms in total. The van der Waals surface area contributed by atoms with Gasteiger partial charge in [0.15, 0.2) is 0 Å². The van der Waals surface area contributed by atoms with Crippen molar-refractivity contribution in [2.24, 2.45) is 0 Å². The molecule has 3 aromatic carbocycles. The number of unbranched alkanes of at least 4 members (excludes halogenated alkanes) is 4. The zero-order chi connectivity index (χ0) is 32.7. The summed E-state index contributed by atoms with van der Waals surface area (Å²) in [5.41, 5.74) is 17.8. The van der Waals surface area contributed by atoms with Gasteiger partial charge in [0.1, 0.15) is 0 Å². The number of hydrogen-bond acceptors (Lipinski definition) is 3. The minimum Gasteiger partial charge on any atom is -0.371 e. The van der Waals surface area contributed by atoms with Crippen LogP contribution in [0.3, 0.4) is 0 Å². The van der Waals surface area contributed by atoms with Crippen LogP contribution in [-0.4, -0.2) is 39.3 Å². The summed E-state index contributed by atoms with van der Waals surface area (Å²) in [6, 6.07) is 16.6. The molecule has 0 radical (unpaired) electrons. The van der Waals surface area contributed by atoms with Crippen molar-refractivity contribution in [1.29, 1.82) is 0 Å². The molecule has 0 N–H and O–H groups in total. The Morgan fingerprint density at radius 2 is 0.958 bits per heavy atom. The molecule has 0 bridgehead atoms. The summed E-state index contributed by atoms with van der Waals surface area (Å²) in [7, 11) is 0. The van der Waals surface area contributed by atoms with Gasteiger partial charge < -0.3 is 14.7 Å². The zero-order valence-corrected chi connectivity index (χ0v) is 30.6. The third-order valence-corrected chi connectivity index (χ3v) is 12.1. The van der Waals surface area contributed by atoms with Crippen LogP contribution in [0.15, 0.2) is 42.5 Å². The molecule has 0 saturated carbocycles. The number of rotatable bonds is 7. The van der Waals surface area contributed by atoms with E-state index in [1.54, 1.807) is 61.6 Å². The van der Waals surface area contributed by atoms with Crippen LogP contribution < -0.4 is 14.7 Å². The fourth-order valence-corrected chi connectivity index (χ4v) is 9.84. The molecule has 6 aliphatic rings. The number of anilines is 3. The van der Waals surface area contributed by atoms with Crippen LogP contribution in [0.25, 0.3) is 0 Å². The van der Waals surface area contributed by atoms with Gasteiger partial charge in [0.2, 0.25) is 0 Å². The summed E-state index contributed by atoms with van der Waals surface area (Å²) in [6.07, 6.45) is 25.3. The molecular formula is C45H63N3. The lowest BCUT2D eigenvalue weighted by Crippen LogP contribution is -2.34. The van der Waals surface area contributed by atoms with Crippen LogP contribution in [0.1, 0.15) is 129 Å². The quantitative estimate of drug-likeness (QED) is 0.237. The lowest BCUT2D eigenvalue weighted by atomic mass is 9.88. The molecule has 0 fully saturated rings. The first kappa shape index (κ1) is 33.6. The normalized spacial score (nSPS) is 18.4. The molecular weight excluding hydrogens is 583 g/mol. The lowest BCUT2D eigenvalue weighted by molar-refractivity contribution is 0.623. The van der Waals surface area contributed by atoms with Crippen molar-refractivity contribution < 1.29 is 0 Å². The van der Waals surface area contributed by atoms with Crippen LogP contribution in [0.5, 0.6) is 0 Å². The third-order valence-electron chi connectivity index (χ3n) is 12.1. The van der Waals surface area contributed by atoms with Gasteiger partial charge >= 0.3 is 0 Å². The molecule has 0 amide bonds. The smallest absolute Gasteiger partial charge is 0.0434 e. The Labute approximate surface area is 293 Å². The lowest BCUT2D eigenvalue weighted by Gasteiger charge is -2.37. The van der Waals surface area contributed by atoms with Crippen molar-refractivity contribution in [2.45, 2.75) is 136 Å². The van der Waals surface area contributed by atoms with E-state index in [4.69, 9.17) is 0 Å². The Hall–Kier alpha value is -2.94. The molecule has 9 rings (SSSR count). The summed E-state index contributed by atoms with van der Waals surface area (Å²) < 4.78 is 0. The maximum Gasteiger partial charge on any atom is 0.0434 e. The molecule has 258 valence electrons. The number of nitrogens with zero attached hydrogens (tertiary/aromatic N) is 3. The number of para-hydroxylation sites is 1. The van der Waals surface area contributed by atoms with Gasteiger partial charge in [0.05, 0.1) is 0 Å². The Balaban J connectivity index is 0.000000117. The average Bonchev–Trinajstić information content (AvgIpc) is 3.13. The fourth-order valence-electron chi connectivity index (χ4n) is 9.84. The van der Waals surface area contributed by atoms with E-state index >= 15 is 0 Å². The maximum atomic E-state index is 2.64. The second kappa shape index (κ2) is 16.2. The number of aryl methyl sites for hydroxylation is 7. The fraction of sp³-hybridized carbons (Fsp3) is 0.600. The minimum atomic E-state index is 1.19. The first-order chi connectivity index (χ1) is 23.7. The molecule has 3 aromatic rings. The summed E-state index contributed by atoms with van der Waals surface area (Å²) in [4.78, 5) is 7.84. The summed E-state index contributed by atoms with van der Waals surface area (Å²) >= 11 is 0. The van der Waals surface area contributed by atoms with Gasteiger partial charge in [-0.3, -0.25) is 0 Å². The second-order valence-corrected chi connectivity index (χ2v) is 15.5. The first-order valence-electron chi connectivity index (χ1n) is 20.4. The van der Waals surface area contributed by atoms with Crippen LogP contribution >= 0.6 is 0 Å². The Morgan fingerprint density at radius 1 is 0.479 bits per heavy atom. The van der Waals surface area contributed by atoms with Crippen molar-refractivity contribution in [2.75, 3.05) is 54.0 Å². The van der Waals surface area contributed by atoms with Gasteiger partial charge in [-0.05, 0) is 141 Å². The van der Waals surface area contributed by atoms with Crippen molar-refractivity contribution in [3.8, 4) is 0 Å². The Morgan fingerprint density at radius 3 is 1.52 bits per heavy atom. The summed E-state index contributed by atoms with van der Waals surface area (Å²) in [5, 5.41) is 0. The van der Waals surface area contributed by atoms with E-state index in [2.05, 4.69) is 71.0 Å². The molecule has 0 spiro atoms. The molecule has 0 atom stereocenters. The van der Waals surface area contributed by atoms with Gasteiger partial charge in [-0.2, -0.15) is 0 Å². The molecule has 6 aliphatic heterocycles.